The summed E-state index contributed by atoms with van der Waals surface area (Å²) in [6, 6.07) is 1.72. The third-order valence-corrected chi connectivity index (χ3v) is 7.80. The second-order valence-corrected chi connectivity index (χ2v) is 10.2. The molecule has 28 heavy (non-hydrogen) atoms. The Kier molecular flexibility index (Phi) is 14.5. The highest BCUT2D eigenvalue weighted by molar-refractivity contribution is 4.78. The van der Waals surface area contributed by atoms with Gasteiger partial charge >= 0.3 is 0 Å². The van der Waals surface area contributed by atoms with Crippen molar-refractivity contribution in [1.29, 1.82) is 0 Å². The van der Waals surface area contributed by atoms with Crippen LogP contribution in [0.1, 0.15) is 154 Å². The molecule has 0 radical (unpaired) electrons. The molecular formula is C27H53N. The molecule has 2 fully saturated rings. The first kappa shape index (κ1) is 24.2. The Labute approximate surface area is 178 Å². The molecular weight excluding hydrogens is 338 g/mol. The molecule has 0 aromatic rings. The Hall–Kier alpha value is -0.0400. The van der Waals surface area contributed by atoms with Crippen LogP contribution in [0.15, 0.2) is 0 Å². The van der Waals surface area contributed by atoms with Gasteiger partial charge in [-0.3, -0.25) is 0 Å². The minimum Gasteiger partial charge on any atom is -0.300 e. The molecule has 2 aliphatic rings. The van der Waals surface area contributed by atoms with E-state index in [1.165, 1.54) is 154 Å². The van der Waals surface area contributed by atoms with Crippen molar-refractivity contribution in [2.45, 2.75) is 166 Å². The molecule has 2 aliphatic carbocycles. The topological polar surface area (TPSA) is 3.24 Å². The van der Waals surface area contributed by atoms with Gasteiger partial charge in [0.1, 0.15) is 0 Å². The van der Waals surface area contributed by atoms with Gasteiger partial charge in [0.15, 0.2) is 0 Å². The standard InChI is InChI=1S/C27H53N/c1-28(26-22-18-14-10-6-2-3-7-11-15-19-23-26)27-24-20-16-12-8-4-5-9-13-17-21-25-27/h26-27H,2-25H2,1H3. The number of hydrogen-bond donors (Lipinski definition) is 0. The SMILES string of the molecule is CN(C1CCCCCCCCCCCC1)C1CCCCCCCCCCCC1. The third-order valence-electron chi connectivity index (χ3n) is 7.80. The van der Waals surface area contributed by atoms with Crippen LogP contribution in [0.2, 0.25) is 0 Å². The summed E-state index contributed by atoms with van der Waals surface area (Å²) in [5.41, 5.74) is 0. The van der Waals surface area contributed by atoms with E-state index in [9.17, 15) is 0 Å². The predicted octanol–water partition coefficient (Wildman–Crippen LogP) is 9.05. The number of rotatable bonds is 2. The number of hydrogen-bond acceptors (Lipinski definition) is 1. The fourth-order valence-corrected chi connectivity index (χ4v) is 5.75. The lowest BCUT2D eigenvalue weighted by Crippen LogP contribution is -2.40. The summed E-state index contributed by atoms with van der Waals surface area (Å²) in [5, 5.41) is 0. The van der Waals surface area contributed by atoms with Crippen LogP contribution in [0.25, 0.3) is 0 Å². The fourth-order valence-electron chi connectivity index (χ4n) is 5.75. The van der Waals surface area contributed by atoms with Gasteiger partial charge in [-0.15, -0.1) is 0 Å². The first-order valence-corrected chi connectivity index (χ1v) is 13.6. The summed E-state index contributed by atoms with van der Waals surface area (Å²) in [6.07, 6.45) is 35.5. The zero-order chi connectivity index (χ0) is 19.7. The molecule has 0 N–H and O–H groups in total. The van der Waals surface area contributed by atoms with E-state index in [2.05, 4.69) is 11.9 Å². The lowest BCUT2D eigenvalue weighted by atomic mass is 9.95. The van der Waals surface area contributed by atoms with E-state index in [0.29, 0.717) is 0 Å². The van der Waals surface area contributed by atoms with Gasteiger partial charge in [0.2, 0.25) is 0 Å². The molecule has 0 aliphatic heterocycles. The van der Waals surface area contributed by atoms with Gasteiger partial charge < -0.3 is 4.90 Å². The molecule has 0 heterocycles. The maximum Gasteiger partial charge on any atom is 0.00951 e. The average Bonchev–Trinajstić information content (AvgIpc) is 2.75. The van der Waals surface area contributed by atoms with Gasteiger partial charge in [0.05, 0.1) is 0 Å². The van der Waals surface area contributed by atoms with Crippen molar-refractivity contribution in [2.75, 3.05) is 7.05 Å². The van der Waals surface area contributed by atoms with Gasteiger partial charge in [-0.1, -0.05) is 128 Å². The molecule has 0 aromatic heterocycles. The highest BCUT2D eigenvalue weighted by atomic mass is 15.2. The van der Waals surface area contributed by atoms with E-state index in [4.69, 9.17) is 0 Å². The highest BCUT2D eigenvalue weighted by Crippen LogP contribution is 2.26. The molecule has 1 nitrogen and oxygen atoms in total. The van der Waals surface area contributed by atoms with Crippen molar-refractivity contribution in [3.63, 3.8) is 0 Å². The van der Waals surface area contributed by atoms with Crippen LogP contribution in [0.3, 0.4) is 0 Å². The van der Waals surface area contributed by atoms with Crippen molar-refractivity contribution in [2.24, 2.45) is 0 Å². The minimum atomic E-state index is 0.862. The van der Waals surface area contributed by atoms with E-state index in [1.54, 1.807) is 0 Å². The number of nitrogens with zero attached hydrogens (tertiary/aromatic N) is 1. The normalized spacial score (nSPS) is 25.5. The smallest absolute Gasteiger partial charge is 0.00951 e. The van der Waals surface area contributed by atoms with Crippen molar-refractivity contribution in [3.8, 4) is 0 Å². The molecule has 0 bridgehead atoms. The van der Waals surface area contributed by atoms with Gasteiger partial charge in [-0.25, -0.2) is 0 Å². The van der Waals surface area contributed by atoms with E-state index in [1.807, 2.05) is 0 Å². The van der Waals surface area contributed by atoms with Crippen molar-refractivity contribution >= 4 is 0 Å². The maximum absolute atomic E-state index is 2.89. The second-order valence-electron chi connectivity index (χ2n) is 10.2. The van der Waals surface area contributed by atoms with Crippen LogP contribution in [-0.2, 0) is 0 Å². The summed E-state index contributed by atoms with van der Waals surface area (Å²) in [6.45, 7) is 0. The summed E-state index contributed by atoms with van der Waals surface area (Å²) in [7, 11) is 2.51. The van der Waals surface area contributed by atoms with Crippen molar-refractivity contribution < 1.29 is 0 Å². The Morgan fingerprint density at radius 2 is 0.500 bits per heavy atom. The van der Waals surface area contributed by atoms with Gasteiger partial charge in [-0.2, -0.15) is 0 Å². The molecule has 0 aromatic carbocycles. The largest absolute Gasteiger partial charge is 0.300 e. The van der Waals surface area contributed by atoms with Crippen LogP contribution in [-0.4, -0.2) is 24.0 Å². The second kappa shape index (κ2) is 16.7. The Bertz CT molecular complexity index is 279. The highest BCUT2D eigenvalue weighted by Gasteiger charge is 2.22. The molecule has 1 heteroatoms. The van der Waals surface area contributed by atoms with Gasteiger partial charge in [0.25, 0.3) is 0 Å². The van der Waals surface area contributed by atoms with Crippen molar-refractivity contribution in [3.05, 3.63) is 0 Å². The quantitative estimate of drug-likeness (QED) is 0.453. The lowest BCUT2D eigenvalue weighted by molar-refractivity contribution is 0.131. The Morgan fingerprint density at radius 1 is 0.321 bits per heavy atom. The summed E-state index contributed by atoms with van der Waals surface area (Å²) in [5.74, 6) is 0. The molecule has 0 atom stereocenters. The lowest BCUT2D eigenvalue weighted by Gasteiger charge is -2.36. The predicted molar refractivity (Wildman–Crippen MR) is 126 cm³/mol. The minimum absolute atomic E-state index is 0.862. The summed E-state index contributed by atoms with van der Waals surface area (Å²) < 4.78 is 0. The average molecular weight is 392 g/mol. The van der Waals surface area contributed by atoms with Gasteiger partial charge in [0, 0.05) is 12.1 Å². The summed E-state index contributed by atoms with van der Waals surface area (Å²) >= 11 is 0. The van der Waals surface area contributed by atoms with E-state index in [-0.39, 0.29) is 0 Å². The Morgan fingerprint density at radius 3 is 0.714 bits per heavy atom. The monoisotopic (exact) mass is 391 g/mol. The molecule has 0 amide bonds. The Balaban J connectivity index is 1.86. The van der Waals surface area contributed by atoms with E-state index < -0.39 is 0 Å². The molecule has 0 saturated heterocycles. The van der Waals surface area contributed by atoms with E-state index in [0.717, 1.165) is 12.1 Å². The van der Waals surface area contributed by atoms with Crippen LogP contribution in [0.5, 0.6) is 0 Å². The summed E-state index contributed by atoms with van der Waals surface area (Å²) in [4.78, 5) is 2.89. The van der Waals surface area contributed by atoms with Crippen molar-refractivity contribution in [1.82, 2.24) is 4.90 Å². The van der Waals surface area contributed by atoms with E-state index >= 15 is 0 Å². The first-order valence-electron chi connectivity index (χ1n) is 13.6. The maximum atomic E-state index is 2.89. The molecule has 166 valence electrons. The van der Waals surface area contributed by atoms with Crippen LogP contribution >= 0.6 is 0 Å². The fraction of sp³-hybridized carbons (Fsp3) is 1.00. The molecule has 2 saturated carbocycles. The van der Waals surface area contributed by atoms with Crippen LogP contribution in [0.4, 0.5) is 0 Å². The van der Waals surface area contributed by atoms with Crippen LogP contribution < -0.4 is 0 Å². The first-order chi connectivity index (χ1) is 13.9. The van der Waals surface area contributed by atoms with Crippen LogP contribution in [0, 0.1) is 0 Å². The molecule has 0 spiro atoms. The molecule has 2 rings (SSSR count). The zero-order valence-corrected chi connectivity index (χ0v) is 19.6. The third kappa shape index (κ3) is 11.2. The van der Waals surface area contributed by atoms with Gasteiger partial charge in [-0.05, 0) is 32.7 Å². The molecule has 0 unspecified atom stereocenters. The zero-order valence-electron chi connectivity index (χ0n) is 19.6.